The molecule has 4 aromatic rings. The van der Waals surface area contributed by atoms with Crippen molar-refractivity contribution < 1.29 is 22.6 Å². The van der Waals surface area contributed by atoms with Crippen LogP contribution in [0.5, 0.6) is 5.75 Å². The van der Waals surface area contributed by atoms with Crippen molar-refractivity contribution in [1.29, 1.82) is 0 Å². The number of para-hydroxylation sites is 1. The lowest BCUT2D eigenvalue weighted by molar-refractivity contribution is -0.00521. The molecule has 3 heterocycles. The van der Waals surface area contributed by atoms with Crippen molar-refractivity contribution in [2.24, 2.45) is 0 Å². The Morgan fingerprint density at radius 3 is 2.15 bits per heavy atom. The van der Waals surface area contributed by atoms with E-state index in [1.807, 2.05) is 36.5 Å². The molecule has 2 fully saturated rings. The van der Waals surface area contributed by atoms with Crippen molar-refractivity contribution in [1.82, 2.24) is 9.29 Å². The molecule has 2 unspecified atom stereocenters. The normalized spacial score (nSPS) is 20.3. The van der Waals surface area contributed by atoms with E-state index in [0.29, 0.717) is 26.3 Å². The number of rotatable bonds is 6. The lowest BCUT2D eigenvalue weighted by atomic mass is 9.98. The largest absolute Gasteiger partial charge is 0.495 e. The van der Waals surface area contributed by atoms with Crippen molar-refractivity contribution in [2.75, 3.05) is 51.4 Å². The average molecular weight is 574 g/mol. The molecule has 9 heteroatoms. The van der Waals surface area contributed by atoms with Crippen molar-refractivity contribution in [3.63, 3.8) is 0 Å². The summed E-state index contributed by atoms with van der Waals surface area (Å²) in [6, 6.07) is 21.5. The van der Waals surface area contributed by atoms with Gasteiger partial charge in [-0.25, -0.2) is 8.42 Å². The molecular weight excluding hydrogens is 538 g/mol. The summed E-state index contributed by atoms with van der Waals surface area (Å²) in [6.07, 6.45) is 2.25. The summed E-state index contributed by atoms with van der Waals surface area (Å²) in [5.74, 6) is 0.754. The number of anilines is 1. The molecule has 8 nitrogen and oxygen atoms in total. The number of methoxy groups -OCH3 is 1. The van der Waals surface area contributed by atoms with E-state index < -0.39 is 10.0 Å². The molecule has 2 saturated heterocycles. The minimum absolute atomic E-state index is 0.197. The van der Waals surface area contributed by atoms with Gasteiger partial charge >= 0.3 is 0 Å². The number of nitrogens with zero attached hydrogens (tertiary/aromatic N) is 3. The Hall–Kier alpha value is -3.50. The van der Waals surface area contributed by atoms with Crippen LogP contribution >= 0.6 is 0 Å². The third kappa shape index (κ3) is 5.42. The van der Waals surface area contributed by atoms with Crippen LogP contribution in [0.15, 0.2) is 77.8 Å². The average Bonchev–Trinajstić information content (AvgIpc) is 3.00. The summed E-state index contributed by atoms with van der Waals surface area (Å²) in [4.78, 5) is 7.51. The predicted octanol–water partition coefficient (Wildman–Crippen LogP) is 5.21. The highest BCUT2D eigenvalue weighted by Crippen LogP contribution is 2.39. The molecule has 0 spiro atoms. The van der Waals surface area contributed by atoms with Gasteiger partial charge in [-0.1, -0.05) is 36.4 Å². The van der Waals surface area contributed by atoms with E-state index in [1.165, 1.54) is 9.99 Å². The van der Waals surface area contributed by atoms with Crippen LogP contribution < -0.4 is 9.64 Å². The fraction of sp³-hybridized carbons (Fsp3) is 0.344. The van der Waals surface area contributed by atoms with Gasteiger partial charge in [0.1, 0.15) is 5.75 Å². The van der Waals surface area contributed by atoms with Gasteiger partial charge < -0.3 is 19.1 Å². The van der Waals surface area contributed by atoms with E-state index in [9.17, 15) is 8.42 Å². The summed E-state index contributed by atoms with van der Waals surface area (Å²) < 4.78 is 44.8. The first-order valence-corrected chi connectivity index (χ1v) is 15.4. The first-order valence-electron chi connectivity index (χ1n) is 14.0. The van der Waals surface area contributed by atoms with Crippen LogP contribution in [0.1, 0.15) is 13.8 Å². The number of pyridine rings is 1. The van der Waals surface area contributed by atoms with E-state index in [2.05, 4.69) is 43.0 Å². The van der Waals surface area contributed by atoms with Gasteiger partial charge in [0.05, 0.1) is 42.9 Å². The molecule has 2 aliphatic rings. The molecule has 6 rings (SSSR count). The summed E-state index contributed by atoms with van der Waals surface area (Å²) in [5.41, 5.74) is 5.71. The van der Waals surface area contributed by atoms with E-state index >= 15 is 0 Å². The number of aromatic nitrogens is 1. The second-order valence-electron chi connectivity index (χ2n) is 10.7. The summed E-state index contributed by atoms with van der Waals surface area (Å²) in [6.45, 7) is 7.53. The molecule has 0 radical (unpaired) electrons. The van der Waals surface area contributed by atoms with Gasteiger partial charge in [0.25, 0.3) is 0 Å². The third-order valence-electron chi connectivity index (χ3n) is 7.79. The third-order valence-corrected chi connectivity index (χ3v) is 9.70. The number of hydrogen-bond acceptors (Lipinski definition) is 7. The van der Waals surface area contributed by atoms with Gasteiger partial charge in [0.15, 0.2) is 0 Å². The van der Waals surface area contributed by atoms with Gasteiger partial charge in [-0.15, -0.1) is 0 Å². The lowest BCUT2D eigenvalue weighted by Gasteiger charge is -2.36. The highest BCUT2D eigenvalue weighted by atomic mass is 32.2. The van der Waals surface area contributed by atoms with Gasteiger partial charge in [0.2, 0.25) is 10.0 Å². The first kappa shape index (κ1) is 27.7. The molecule has 0 aliphatic carbocycles. The zero-order valence-corrected chi connectivity index (χ0v) is 24.4. The molecule has 0 bridgehead atoms. The molecule has 41 heavy (non-hydrogen) atoms. The number of sulfonamides is 1. The SMILES string of the molecule is COc1c(-c2ccc(N3CC(C)OC(C)C3)cc2)cnc2c(-c3ccc(S(=O)(=O)N4CCOCC4)cc3)cccc12. The molecule has 0 saturated carbocycles. The number of benzene rings is 3. The van der Waals surface area contributed by atoms with Crippen molar-refractivity contribution >= 4 is 26.6 Å². The van der Waals surface area contributed by atoms with Gasteiger partial charge in [-0.05, 0) is 55.3 Å². The Morgan fingerprint density at radius 1 is 0.854 bits per heavy atom. The summed E-state index contributed by atoms with van der Waals surface area (Å²) >= 11 is 0. The van der Waals surface area contributed by atoms with Crippen LogP contribution in [0.4, 0.5) is 5.69 Å². The van der Waals surface area contributed by atoms with Crippen LogP contribution in [-0.4, -0.2) is 76.4 Å². The fourth-order valence-electron chi connectivity index (χ4n) is 5.84. The highest BCUT2D eigenvalue weighted by Gasteiger charge is 2.26. The highest BCUT2D eigenvalue weighted by molar-refractivity contribution is 7.89. The Kier molecular flexibility index (Phi) is 7.70. The van der Waals surface area contributed by atoms with Crippen LogP contribution in [0, 0.1) is 0 Å². The maximum absolute atomic E-state index is 13.1. The zero-order valence-electron chi connectivity index (χ0n) is 23.6. The van der Waals surface area contributed by atoms with Crippen molar-refractivity contribution in [3.8, 4) is 28.0 Å². The molecule has 3 aromatic carbocycles. The van der Waals surface area contributed by atoms with E-state index in [0.717, 1.165) is 52.0 Å². The van der Waals surface area contributed by atoms with E-state index in [4.69, 9.17) is 19.2 Å². The predicted molar refractivity (Wildman–Crippen MR) is 161 cm³/mol. The maximum atomic E-state index is 13.1. The van der Waals surface area contributed by atoms with Gasteiger partial charge in [0, 0.05) is 54.6 Å². The quantitative estimate of drug-likeness (QED) is 0.313. The number of morpholine rings is 2. The monoisotopic (exact) mass is 573 g/mol. The van der Waals surface area contributed by atoms with Crippen LogP contribution in [0.2, 0.25) is 0 Å². The molecule has 1 aromatic heterocycles. The Balaban J connectivity index is 1.31. The molecular formula is C32H35N3O5S. The van der Waals surface area contributed by atoms with Gasteiger partial charge in [-0.2, -0.15) is 4.31 Å². The topological polar surface area (TPSA) is 81.2 Å². The Morgan fingerprint density at radius 2 is 1.49 bits per heavy atom. The van der Waals surface area contributed by atoms with Gasteiger partial charge in [-0.3, -0.25) is 4.98 Å². The molecule has 214 valence electrons. The van der Waals surface area contributed by atoms with Crippen molar-refractivity contribution in [2.45, 2.75) is 31.0 Å². The zero-order chi connectivity index (χ0) is 28.6. The standard InChI is InChI=1S/C32H35N3O5S/c1-22-20-34(21-23(2)40-22)26-11-7-25(8-12-26)30-19-33-31-28(5-4-6-29(31)32(30)38-3)24-9-13-27(14-10-24)41(36,37)35-15-17-39-18-16-35/h4-14,19,22-23H,15-18,20-21H2,1-3H3. The molecule has 2 aliphatic heterocycles. The Labute approximate surface area is 241 Å². The second kappa shape index (κ2) is 11.4. The molecule has 0 amide bonds. The molecule has 0 N–H and O–H groups in total. The Bertz CT molecular complexity index is 1630. The van der Waals surface area contributed by atoms with E-state index in [-0.39, 0.29) is 17.1 Å². The smallest absolute Gasteiger partial charge is 0.243 e. The summed E-state index contributed by atoms with van der Waals surface area (Å²) in [7, 11) is -1.88. The molecule has 2 atom stereocenters. The van der Waals surface area contributed by atoms with Crippen LogP contribution in [0.25, 0.3) is 33.2 Å². The lowest BCUT2D eigenvalue weighted by Crippen LogP contribution is -2.45. The number of fused-ring (bicyclic) bond motifs is 1. The van der Waals surface area contributed by atoms with Crippen LogP contribution in [0.3, 0.4) is 0 Å². The second-order valence-corrected chi connectivity index (χ2v) is 12.6. The fourth-order valence-corrected chi connectivity index (χ4v) is 7.25. The summed E-state index contributed by atoms with van der Waals surface area (Å²) in [5, 5.41) is 0.896. The van der Waals surface area contributed by atoms with Crippen LogP contribution in [-0.2, 0) is 19.5 Å². The minimum Gasteiger partial charge on any atom is -0.495 e. The number of hydrogen-bond donors (Lipinski definition) is 0. The first-order chi connectivity index (χ1) is 19.8. The van der Waals surface area contributed by atoms with Crippen molar-refractivity contribution in [3.05, 3.63) is 72.9 Å². The van der Waals surface area contributed by atoms with E-state index in [1.54, 1.807) is 19.2 Å². The minimum atomic E-state index is -3.56. The number of ether oxygens (including phenoxy) is 3. The maximum Gasteiger partial charge on any atom is 0.243 e.